The third-order valence-corrected chi connectivity index (χ3v) is 4.07. The van der Waals surface area contributed by atoms with E-state index in [9.17, 15) is 0 Å². The van der Waals surface area contributed by atoms with E-state index in [2.05, 4.69) is 22.1 Å². The molecule has 0 saturated heterocycles. The van der Waals surface area contributed by atoms with Crippen LogP contribution in [0.4, 0.5) is 5.82 Å². The first-order chi connectivity index (χ1) is 11.8. The van der Waals surface area contributed by atoms with Gasteiger partial charge in [-0.15, -0.1) is 0 Å². The fourth-order valence-electron chi connectivity index (χ4n) is 2.86. The second kappa shape index (κ2) is 6.08. The first kappa shape index (κ1) is 14.3. The van der Waals surface area contributed by atoms with E-state index in [1.807, 2.05) is 48.7 Å². The largest absolute Gasteiger partial charge is 0.384 e. The molecule has 0 amide bonds. The average molecular weight is 312 g/mol. The fourth-order valence-corrected chi connectivity index (χ4v) is 2.86. The molecule has 116 valence electrons. The minimum atomic E-state index is 0.520. The van der Waals surface area contributed by atoms with Gasteiger partial charge in [-0.25, -0.2) is 4.98 Å². The number of rotatable bonds is 3. The Morgan fingerprint density at radius 1 is 0.792 bits per heavy atom. The van der Waals surface area contributed by atoms with Gasteiger partial charge >= 0.3 is 0 Å². The first-order valence-electron chi connectivity index (χ1n) is 7.80. The lowest BCUT2D eigenvalue weighted by Crippen LogP contribution is -1.98. The Balaban J connectivity index is 1.81. The predicted octanol–water partition coefficient (Wildman–Crippen LogP) is 3.82. The summed E-state index contributed by atoms with van der Waals surface area (Å²) >= 11 is 0. The second-order valence-electron chi connectivity index (χ2n) is 5.64. The highest BCUT2D eigenvalue weighted by atomic mass is 14.8. The summed E-state index contributed by atoms with van der Waals surface area (Å²) in [6.45, 7) is 0. The van der Waals surface area contributed by atoms with Gasteiger partial charge in [-0.2, -0.15) is 0 Å². The van der Waals surface area contributed by atoms with Crippen LogP contribution >= 0.6 is 0 Å². The fraction of sp³-hybridized carbons (Fsp3) is 0.0500. The van der Waals surface area contributed by atoms with E-state index in [1.54, 1.807) is 12.4 Å². The van der Waals surface area contributed by atoms with Crippen LogP contribution in [0.2, 0.25) is 0 Å². The number of nitrogens with two attached hydrogens (primary N) is 1. The molecule has 1 aliphatic rings. The van der Waals surface area contributed by atoms with Gasteiger partial charge in [-0.05, 0) is 41.0 Å². The Morgan fingerprint density at radius 2 is 1.58 bits per heavy atom. The zero-order valence-electron chi connectivity index (χ0n) is 13.1. The number of nitrogens with zero attached hydrogens (tertiary/aromatic N) is 3. The van der Waals surface area contributed by atoms with Gasteiger partial charge in [0.25, 0.3) is 0 Å². The highest BCUT2D eigenvalue weighted by molar-refractivity contribution is 6.16. The minimum Gasteiger partial charge on any atom is -0.384 e. The van der Waals surface area contributed by atoms with Crippen LogP contribution in [0.5, 0.6) is 0 Å². The van der Waals surface area contributed by atoms with Crippen LogP contribution in [0.15, 0.2) is 78.2 Å². The third kappa shape index (κ3) is 2.70. The molecule has 2 N–H and O–H groups in total. The van der Waals surface area contributed by atoms with Gasteiger partial charge in [-0.3, -0.25) is 9.98 Å². The van der Waals surface area contributed by atoms with E-state index in [1.165, 1.54) is 0 Å². The lowest BCUT2D eigenvalue weighted by Gasteiger charge is -2.06. The van der Waals surface area contributed by atoms with Gasteiger partial charge in [0.05, 0.1) is 11.4 Å². The predicted molar refractivity (Wildman–Crippen MR) is 97.3 cm³/mol. The zero-order valence-corrected chi connectivity index (χ0v) is 13.1. The van der Waals surface area contributed by atoms with Crippen LogP contribution in [-0.2, 0) is 0 Å². The van der Waals surface area contributed by atoms with Crippen molar-refractivity contribution in [2.45, 2.75) is 6.42 Å². The van der Waals surface area contributed by atoms with Gasteiger partial charge in [-0.1, -0.05) is 30.3 Å². The summed E-state index contributed by atoms with van der Waals surface area (Å²) in [5.74, 6) is 0.520. The quantitative estimate of drug-likeness (QED) is 0.799. The van der Waals surface area contributed by atoms with E-state index < -0.39 is 0 Å². The molecular weight excluding hydrogens is 296 g/mol. The number of allylic oxidation sites excluding steroid dienone is 1. The lowest BCUT2D eigenvalue weighted by atomic mass is 9.97. The summed E-state index contributed by atoms with van der Waals surface area (Å²) in [5.41, 5.74) is 12.2. The maximum Gasteiger partial charge on any atom is 0.123 e. The first-order valence-corrected chi connectivity index (χ1v) is 7.80. The maximum absolute atomic E-state index is 5.73. The smallest absolute Gasteiger partial charge is 0.123 e. The number of aromatic nitrogens is 2. The van der Waals surface area contributed by atoms with Crippen molar-refractivity contribution in [3.63, 3.8) is 0 Å². The Labute approximate surface area is 140 Å². The number of anilines is 1. The molecule has 0 atom stereocenters. The summed E-state index contributed by atoms with van der Waals surface area (Å²) in [6, 6.07) is 18.1. The van der Waals surface area contributed by atoms with E-state index in [4.69, 9.17) is 10.7 Å². The van der Waals surface area contributed by atoms with Crippen molar-refractivity contribution in [1.29, 1.82) is 0 Å². The van der Waals surface area contributed by atoms with Crippen molar-refractivity contribution in [3.8, 4) is 0 Å². The number of benzene rings is 1. The van der Waals surface area contributed by atoms with Crippen molar-refractivity contribution < 1.29 is 0 Å². The van der Waals surface area contributed by atoms with Crippen LogP contribution in [0.1, 0.15) is 23.1 Å². The van der Waals surface area contributed by atoms with Crippen molar-refractivity contribution in [2.75, 3.05) is 5.73 Å². The average Bonchev–Trinajstić information content (AvgIpc) is 3.09. The Hall–Kier alpha value is -3.27. The number of hydrogen-bond acceptors (Lipinski definition) is 4. The van der Waals surface area contributed by atoms with E-state index in [0.717, 1.165) is 40.1 Å². The molecule has 24 heavy (non-hydrogen) atoms. The highest BCUT2D eigenvalue weighted by Gasteiger charge is 2.21. The summed E-state index contributed by atoms with van der Waals surface area (Å²) in [7, 11) is 0. The molecule has 3 aromatic rings. The zero-order chi connectivity index (χ0) is 16.4. The van der Waals surface area contributed by atoms with Gasteiger partial charge in [0.1, 0.15) is 5.82 Å². The summed E-state index contributed by atoms with van der Waals surface area (Å²) < 4.78 is 0. The number of pyridine rings is 2. The molecule has 0 bridgehead atoms. The summed E-state index contributed by atoms with van der Waals surface area (Å²) in [4.78, 5) is 13.3. The SMILES string of the molecule is Nc1ccc(C2=C(c3ccncc3)N=C(c3ccccc3)C2)cn1. The molecule has 4 nitrogen and oxygen atoms in total. The topological polar surface area (TPSA) is 64.2 Å². The van der Waals surface area contributed by atoms with E-state index in [0.29, 0.717) is 5.82 Å². The Kier molecular flexibility index (Phi) is 3.63. The van der Waals surface area contributed by atoms with E-state index >= 15 is 0 Å². The number of aliphatic imine (C=N–C) groups is 1. The molecule has 1 aliphatic heterocycles. The van der Waals surface area contributed by atoms with Crippen molar-refractivity contribution in [2.24, 2.45) is 4.99 Å². The molecular formula is C20H16N4. The Bertz CT molecular complexity index is 911. The summed E-state index contributed by atoms with van der Waals surface area (Å²) in [5, 5.41) is 0. The second-order valence-corrected chi connectivity index (χ2v) is 5.64. The van der Waals surface area contributed by atoms with Crippen LogP contribution in [-0.4, -0.2) is 15.7 Å². The van der Waals surface area contributed by atoms with Gasteiger partial charge < -0.3 is 5.73 Å². The van der Waals surface area contributed by atoms with Crippen molar-refractivity contribution in [1.82, 2.24) is 9.97 Å². The van der Waals surface area contributed by atoms with Gasteiger partial charge in [0, 0.05) is 30.6 Å². The summed E-state index contributed by atoms with van der Waals surface area (Å²) in [6.07, 6.45) is 6.16. The molecule has 4 rings (SSSR count). The van der Waals surface area contributed by atoms with Crippen LogP contribution < -0.4 is 5.73 Å². The third-order valence-electron chi connectivity index (χ3n) is 4.07. The minimum absolute atomic E-state index is 0.520. The number of nitrogen functional groups attached to an aromatic ring is 1. The maximum atomic E-state index is 5.73. The normalized spacial score (nSPS) is 13.9. The molecule has 3 heterocycles. The number of hydrogen-bond donors (Lipinski definition) is 1. The van der Waals surface area contributed by atoms with Crippen LogP contribution in [0.25, 0.3) is 11.3 Å². The molecule has 0 unspecified atom stereocenters. The highest BCUT2D eigenvalue weighted by Crippen LogP contribution is 2.36. The van der Waals surface area contributed by atoms with Crippen LogP contribution in [0, 0.1) is 0 Å². The monoisotopic (exact) mass is 312 g/mol. The molecule has 0 aliphatic carbocycles. The molecule has 4 heteroatoms. The van der Waals surface area contributed by atoms with Crippen molar-refractivity contribution >= 4 is 22.8 Å². The molecule has 0 spiro atoms. The molecule has 2 aromatic heterocycles. The standard InChI is InChI=1S/C20H16N4/c21-19-7-6-16(13-23-19)17-12-18(14-4-2-1-3-5-14)24-20(17)15-8-10-22-11-9-15/h1-11,13H,12H2,(H2,21,23). The molecule has 1 aromatic carbocycles. The van der Waals surface area contributed by atoms with E-state index in [-0.39, 0.29) is 0 Å². The van der Waals surface area contributed by atoms with Crippen molar-refractivity contribution in [3.05, 3.63) is 89.9 Å². The molecule has 0 radical (unpaired) electrons. The van der Waals surface area contributed by atoms with Gasteiger partial charge in [0.15, 0.2) is 0 Å². The van der Waals surface area contributed by atoms with Gasteiger partial charge in [0.2, 0.25) is 0 Å². The Morgan fingerprint density at radius 3 is 2.29 bits per heavy atom. The molecule has 0 fully saturated rings. The molecule has 0 saturated carbocycles. The van der Waals surface area contributed by atoms with Crippen LogP contribution in [0.3, 0.4) is 0 Å². The lowest BCUT2D eigenvalue weighted by molar-refractivity contribution is 1.30.